The molecule has 2 aromatic carbocycles. The molecule has 2 heteroatoms. The minimum atomic E-state index is 0.350. The largest absolute Gasteiger partial charge is 0.304 e. The van der Waals surface area contributed by atoms with E-state index in [0.717, 1.165) is 0 Å². The first-order valence-electron chi connectivity index (χ1n) is 8.54. The highest BCUT2D eigenvalue weighted by Crippen LogP contribution is 2.36. The summed E-state index contributed by atoms with van der Waals surface area (Å²) in [4.78, 5) is 0. The zero-order valence-electron chi connectivity index (χ0n) is 12.9. The lowest BCUT2D eigenvalue weighted by Crippen LogP contribution is -2.59. The molecule has 1 aliphatic carbocycles. The number of hydrogen-bond donors (Lipinski definition) is 2. The maximum atomic E-state index is 3.96. The van der Waals surface area contributed by atoms with Crippen LogP contribution < -0.4 is 10.6 Å². The smallest absolute Gasteiger partial charge is 0.0521 e. The van der Waals surface area contributed by atoms with Gasteiger partial charge in [0, 0.05) is 12.1 Å². The first kappa shape index (κ1) is 14.0. The Bertz CT molecular complexity index is 540. The summed E-state index contributed by atoms with van der Waals surface area (Å²) in [7, 11) is 0. The highest BCUT2D eigenvalue weighted by Gasteiger charge is 2.38. The quantitative estimate of drug-likeness (QED) is 0.875. The predicted octanol–water partition coefficient (Wildman–Crippen LogP) is 3.97. The number of benzene rings is 2. The van der Waals surface area contributed by atoms with Crippen molar-refractivity contribution in [3.63, 3.8) is 0 Å². The van der Waals surface area contributed by atoms with Crippen molar-refractivity contribution >= 4 is 0 Å². The Kier molecular flexibility index (Phi) is 3.96. The average Bonchev–Trinajstić information content (AvgIpc) is 2.62. The molecule has 4 unspecified atom stereocenters. The van der Waals surface area contributed by atoms with Gasteiger partial charge in [-0.1, -0.05) is 73.5 Å². The van der Waals surface area contributed by atoms with Crippen LogP contribution in [0.2, 0.25) is 0 Å². The van der Waals surface area contributed by atoms with Crippen molar-refractivity contribution in [3.05, 3.63) is 71.8 Å². The van der Waals surface area contributed by atoms with E-state index in [1.165, 1.54) is 36.8 Å². The van der Waals surface area contributed by atoms with Crippen LogP contribution in [0.4, 0.5) is 0 Å². The Balaban J connectivity index is 1.68. The van der Waals surface area contributed by atoms with E-state index in [-0.39, 0.29) is 0 Å². The van der Waals surface area contributed by atoms with Crippen LogP contribution in [0.3, 0.4) is 0 Å². The van der Waals surface area contributed by atoms with Gasteiger partial charge in [0.25, 0.3) is 0 Å². The van der Waals surface area contributed by atoms with Crippen molar-refractivity contribution in [2.45, 2.75) is 49.9 Å². The molecule has 0 bridgehead atoms. The van der Waals surface area contributed by atoms with Crippen molar-refractivity contribution in [1.82, 2.24) is 10.6 Å². The molecule has 2 aromatic rings. The molecule has 1 saturated heterocycles. The Morgan fingerprint density at radius 1 is 0.591 bits per heavy atom. The molecule has 1 aliphatic heterocycles. The standard InChI is InChI=1S/C20H24N2/c1-3-9-15(10-4-1)19-20(16-11-5-2-6-12-16)22-18-14-8-7-13-17(18)21-19/h1-6,9-12,17-22H,7-8,13-14H2. The van der Waals surface area contributed by atoms with Gasteiger partial charge in [-0.25, -0.2) is 0 Å². The molecule has 114 valence electrons. The van der Waals surface area contributed by atoms with E-state index in [1.807, 2.05) is 0 Å². The van der Waals surface area contributed by atoms with Gasteiger partial charge in [0.05, 0.1) is 12.1 Å². The van der Waals surface area contributed by atoms with Crippen LogP contribution in [-0.4, -0.2) is 12.1 Å². The molecule has 0 aromatic heterocycles. The summed E-state index contributed by atoms with van der Waals surface area (Å²) in [6.45, 7) is 0. The van der Waals surface area contributed by atoms with Crippen LogP contribution in [0.25, 0.3) is 0 Å². The maximum absolute atomic E-state index is 3.96. The van der Waals surface area contributed by atoms with Crippen molar-refractivity contribution < 1.29 is 0 Å². The second-order valence-electron chi connectivity index (χ2n) is 6.61. The van der Waals surface area contributed by atoms with E-state index in [1.54, 1.807) is 0 Å². The minimum Gasteiger partial charge on any atom is -0.304 e. The molecule has 2 fully saturated rings. The van der Waals surface area contributed by atoms with Gasteiger partial charge in [0.2, 0.25) is 0 Å². The summed E-state index contributed by atoms with van der Waals surface area (Å²) in [5.74, 6) is 0. The summed E-state index contributed by atoms with van der Waals surface area (Å²) < 4.78 is 0. The molecule has 22 heavy (non-hydrogen) atoms. The molecule has 0 amide bonds. The lowest BCUT2D eigenvalue weighted by Gasteiger charge is -2.46. The van der Waals surface area contributed by atoms with Crippen LogP contribution in [0.15, 0.2) is 60.7 Å². The summed E-state index contributed by atoms with van der Waals surface area (Å²) in [6.07, 6.45) is 5.30. The fourth-order valence-electron chi connectivity index (χ4n) is 4.08. The summed E-state index contributed by atoms with van der Waals surface area (Å²) in [5, 5.41) is 7.92. The third-order valence-electron chi connectivity index (χ3n) is 5.20. The van der Waals surface area contributed by atoms with Gasteiger partial charge in [-0.2, -0.15) is 0 Å². The lowest BCUT2D eigenvalue weighted by molar-refractivity contribution is 0.168. The summed E-state index contributed by atoms with van der Waals surface area (Å²) >= 11 is 0. The molecule has 4 rings (SSSR count). The van der Waals surface area contributed by atoms with Crippen molar-refractivity contribution in [2.24, 2.45) is 0 Å². The second-order valence-corrected chi connectivity index (χ2v) is 6.61. The molecule has 1 saturated carbocycles. The number of hydrogen-bond acceptors (Lipinski definition) is 2. The monoisotopic (exact) mass is 292 g/mol. The Morgan fingerprint density at radius 2 is 1.00 bits per heavy atom. The van der Waals surface area contributed by atoms with E-state index >= 15 is 0 Å². The molecule has 2 nitrogen and oxygen atoms in total. The number of rotatable bonds is 2. The van der Waals surface area contributed by atoms with Gasteiger partial charge in [0.1, 0.15) is 0 Å². The highest BCUT2D eigenvalue weighted by molar-refractivity contribution is 5.29. The van der Waals surface area contributed by atoms with Crippen molar-refractivity contribution in [3.8, 4) is 0 Å². The first-order chi connectivity index (χ1) is 10.9. The lowest BCUT2D eigenvalue weighted by atomic mass is 9.82. The number of piperazine rings is 1. The SMILES string of the molecule is c1ccc(C2NC3CCCCC3NC2c2ccccc2)cc1. The molecule has 0 radical (unpaired) electrons. The number of nitrogens with one attached hydrogen (secondary N) is 2. The molecule has 2 aliphatic rings. The normalized spacial score (nSPS) is 31.5. The molecule has 0 spiro atoms. The molecular formula is C20H24N2. The van der Waals surface area contributed by atoms with Gasteiger partial charge in [-0.15, -0.1) is 0 Å². The van der Waals surface area contributed by atoms with E-state index < -0.39 is 0 Å². The van der Waals surface area contributed by atoms with E-state index in [9.17, 15) is 0 Å². The maximum Gasteiger partial charge on any atom is 0.0521 e. The Hall–Kier alpha value is -1.64. The van der Waals surface area contributed by atoms with Gasteiger partial charge in [0.15, 0.2) is 0 Å². The third kappa shape index (κ3) is 2.69. The van der Waals surface area contributed by atoms with Gasteiger partial charge < -0.3 is 10.6 Å². The molecule has 2 N–H and O–H groups in total. The van der Waals surface area contributed by atoms with Crippen molar-refractivity contribution in [1.29, 1.82) is 0 Å². The number of fused-ring (bicyclic) bond motifs is 1. The molecule has 1 heterocycles. The third-order valence-corrected chi connectivity index (χ3v) is 5.20. The second kappa shape index (κ2) is 6.23. The average molecular weight is 292 g/mol. The highest BCUT2D eigenvalue weighted by atomic mass is 15.2. The topological polar surface area (TPSA) is 24.1 Å². The predicted molar refractivity (Wildman–Crippen MR) is 90.7 cm³/mol. The van der Waals surface area contributed by atoms with E-state index in [4.69, 9.17) is 0 Å². The van der Waals surface area contributed by atoms with Crippen LogP contribution in [-0.2, 0) is 0 Å². The van der Waals surface area contributed by atoms with Gasteiger partial charge in [-0.3, -0.25) is 0 Å². The molecule has 4 atom stereocenters. The van der Waals surface area contributed by atoms with Crippen LogP contribution >= 0.6 is 0 Å². The Morgan fingerprint density at radius 3 is 1.41 bits per heavy atom. The summed E-state index contributed by atoms with van der Waals surface area (Å²) in [5.41, 5.74) is 2.76. The van der Waals surface area contributed by atoms with E-state index in [2.05, 4.69) is 71.3 Å². The fraction of sp³-hybridized carbons (Fsp3) is 0.400. The zero-order chi connectivity index (χ0) is 14.8. The first-order valence-corrected chi connectivity index (χ1v) is 8.54. The van der Waals surface area contributed by atoms with Crippen LogP contribution in [0.1, 0.15) is 48.9 Å². The Labute approximate surface area is 132 Å². The van der Waals surface area contributed by atoms with Crippen molar-refractivity contribution in [2.75, 3.05) is 0 Å². The van der Waals surface area contributed by atoms with Gasteiger partial charge >= 0.3 is 0 Å². The van der Waals surface area contributed by atoms with Crippen LogP contribution in [0.5, 0.6) is 0 Å². The molecular weight excluding hydrogens is 268 g/mol. The van der Waals surface area contributed by atoms with Gasteiger partial charge in [-0.05, 0) is 24.0 Å². The zero-order valence-corrected chi connectivity index (χ0v) is 12.9. The van der Waals surface area contributed by atoms with E-state index in [0.29, 0.717) is 24.2 Å². The summed E-state index contributed by atoms with van der Waals surface area (Å²) in [6, 6.07) is 23.7. The minimum absolute atomic E-state index is 0.350. The fourth-order valence-corrected chi connectivity index (χ4v) is 4.08. The van der Waals surface area contributed by atoms with Crippen LogP contribution in [0, 0.1) is 0 Å².